The fourth-order valence-corrected chi connectivity index (χ4v) is 2.87. The molecule has 1 atom stereocenters. The Morgan fingerprint density at radius 3 is 2.73 bits per heavy atom. The van der Waals surface area contributed by atoms with Gasteiger partial charge in [-0.05, 0) is 38.9 Å². The minimum atomic E-state index is 0.827. The Labute approximate surface area is 93.8 Å². The second kappa shape index (κ2) is 5.28. The molecular weight excluding hydrogens is 186 g/mol. The second-order valence-corrected chi connectivity index (χ2v) is 5.17. The molecule has 15 heavy (non-hydrogen) atoms. The van der Waals surface area contributed by atoms with E-state index in [9.17, 15) is 0 Å². The van der Waals surface area contributed by atoms with E-state index in [1.54, 1.807) is 0 Å². The number of nitrogens with one attached hydrogen (secondary N) is 1. The maximum atomic E-state index is 3.34. The minimum Gasteiger partial charge on any atom is -0.316 e. The van der Waals surface area contributed by atoms with Crippen LogP contribution >= 0.6 is 0 Å². The van der Waals surface area contributed by atoms with E-state index in [4.69, 9.17) is 0 Å². The van der Waals surface area contributed by atoms with Gasteiger partial charge in [0.25, 0.3) is 0 Å². The van der Waals surface area contributed by atoms with Crippen LogP contribution in [0, 0.1) is 5.92 Å². The van der Waals surface area contributed by atoms with Crippen molar-refractivity contribution < 1.29 is 0 Å². The van der Waals surface area contributed by atoms with Gasteiger partial charge in [0.15, 0.2) is 0 Å². The summed E-state index contributed by atoms with van der Waals surface area (Å²) in [6, 6.07) is 0.827. The maximum absolute atomic E-state index is 3.34. The lowest BCUT2D eigenvalue weighted by molar-refractivity contribution is 0.166. The minimum absolute atomic E-state index is 0.827. The van der Waals surface area contributed by atoms with Gasteiger partial charge in [0, 0.05) is 32.2 Å². The highest BCUT2D eigenvalue weighted by molar-refractivity contribution is 4.83. The average molecular weight is 211 g/mol. The van der Waals surface area contributed by atoms with Gasteiger partial charge in [-0.25, -0.2) is 0 Å². The van der Waals surface area contributed by atoms with Gasteiger partial charge in [0.05, 0.1) is 0 Å². The molecule has 0 aromatic carbocycles. The lowest BCUT2D eigenvalue weighted by atomic mass is 10.0. The Bertz CT molecular complexity index is 191. The average Bonchev–Trinajstić information content (AvgIpc) is 2.59. The quantitative estimate of drug-likeness (QED) is 0.719. The van der Waals surface area contributed by atoms with E-state index in [2.05, 4.69) is 29.1 Å². The molecule has 2 rings (SSSR count). The number of nitrogens with zero attached hydrogens (tertiary/aromatic N) is 2. The highest BCUT2D eigenvalue weighted by atomic mass is 15.2. The smallest absolute Gasteiger partial charge is 0.0223 e. The summed E-state index contributed by atoms with van der Waals surface area (Å²) in [6.45, 7) is 9.84. The summed E-state index contributed by atoms with van der Waals surface area (Å²) < 4.78 is 0. The monoisotopic (exact) mass is 211 g/mol. The summed E-state index contributed by atoms with van der Waals surface area (Å²) in [6.07, 6.45) is 2.80. The van der Waals surface area contributed by atoms with Crippen molar-refractivity contribution in [1.82, 2.24) is 15.1 Å². The maximum Gasteiger partial charge on any atom is 0.0223 e. The zero-order valence-electron chi connectivity index (χ0n) is 10.2. The van der Waals surface area contributed by atoms with Gasteiger partial charge >= 0.3 is 0 Å². The largest absolute Gasteiger partial charge is 0.316 e. The lowest BCUT2D eigenvalue weighted by Crippen LogP contribution is -2.49. The number of hydrogen-bond donors (Lipinski definition) is 1. The van der Waals surface area contributed by atoms with E-state index in [1.807, 2.05) is 0 Å². The molecular formula is C12H25N3. The third-order valence-electron chi connectivity index (χ3n) is 3.86. The number of likely N-dealkylation sites (tertiary alicyclic amines) is 1. The predicted octanol–water partition coefficient (Wildman–Crippen LogP) is 0.622. The number of rotatable bonds is 5. The van der Waals surface area contributed by atoms with Crippen LogP contribution in [0.3, 0.4) is 0 Å². The first-order valence-electron chi connectivity index (χ1n) is 6.43. The van der Waals surface area contributed by atoms with Crippen molar-refractivity contribution in [3.8, 4) is 0 Å². The van der Waals surface area contributed by atoms with Crippen molar-refractivity contribution in [3.63, 3.8) is 0 Å². The summed E-state index contributed by atoms with van der Waals surface area (Å²) in [5.41, 5.74) is 0. The molecule has 2 aliphatic heterocycles. The molecule has 0 spiro atoms. The van der Waals surface area contributed by atoms with Gasteiger partial charge in [0.1, 0.15) is 0 Å². The van der Waals surface area contributed by atoms with Crippen molar-refractivity contribution in [2.45, 2.75) is 25.8 Å². The van der Waals surface area contributed by atoms with Crippen molar-refractivity contribution in [2.75, 3.05) is 46.3 Å². The molecule has 0 aromatic heterocycles. The Kier molecular flexibility index (Phi) is 4.00. The third-order valence-corrected chi connectivity index (χ3v) is 3.86. The van der Waals surface area contributed by atoms with Crippen LogP contribution in [0.4, 0.5) is 0 Å². The molecule has 1 N–H and O–H groups in total. The number of likely N-dealkylation sites (N-methyl/N-ethyl adjacent to an activating group) is 2. The van der Waals surface area contributed by atoms with Crippen LogP contribution < -0.4 is 5.32 Å². The molecule has 0 aliphatic carbocycles. The normalized spacial score (nSPS) is 28.6. The van der Waals surface area contributed by atoms with Crippen LogP contribution in [0.5, 0.6) is 0 Å². The predicted molar refractivity (Wildman–Crippen MR) is 64.1 cm³/mol. The first-order chi connectivity index (χ1) is 7.29. The summed E-state index contributed by atoms with van der Waals surface area (Å²) >= 11 is 0. The molecule has 2 heterocycles. The Balaban J connectivity index is 1.69. The van der Waals surface area contributed by atoms with Gasteiger partial charge in [0.2, 0.25) is 0 Å². The summed E-state index contributed by atoms with van der Waals surface area (Å²) in [5.74, 6) is 0.909. The fraction of sp³-hybridized carbons (Fsp3) is 1.00. The molecule has 3 heteroatoms. The molecule has 2 saturated heterocycles. The topological polar surface area (TPSA) is 18.5 Å². The first-order valence-corrected chi connectivity index (χ1v) is 6.43. The van der Waals surface area contributed by atoms with E-state index in [0.29, 0.717) is 0 Å². The van der Waals surface area contributed by atoms with Crippen LogP contribution in [-0.4, -0.2) is 62.2 Å². The molecule has 1 unspecified atom stereocenters. The van der Waals surface area contributed by atoms with Crippen molar-refractivity contribution >= 4 is 0 Å². The molecule has 2 fully saturated rings. The van der Waals surface area contributed by atoms with Crippen molar-refractivity contribution in [3.05, 3.63) is 0 Å². The summed E-state index contributed by atoms with van der Waals surface area (Å²) in [5, 5.41) is 3.34. The Morgan fingerprint density at radius 2 is 2.13 bits per heavy atom. The van der Waals surface area contributed by atoms with Gasteiger partial charge < -0.3 is 10.2 Å². The zero-order valence-corrected chi connectivity index (χ0v) is 10.2. The van der Waals surface area contributed by atoms with Gasteiger partial charge in [-0.15, -0.1) is 0 Å². The highest BCUT2D eigenvalue weighted by Gasteiger charge is 2.25. The van der Waals surface area contributed by atoms with Crippen LogP contribution in [0.1, 0.15) is 19.8 Å². The van der Waals surface area contributed by atoms with E-state index < -0.39 is 0 Å². The van der Waals surface area contributed by atoms with Gasteiger partial charge in [-0.1, -0.05) is 6.92 Å². The molecule has 0 amide bonds. The SMILES string of the molecule is CCN1CCCC1CN(C)CC1CNC1. The van der Waals surface area contributed by atoms with Crippen LogP contribution in [0.2, 0.25) is 0 Å². The molecule has 0 radical (unpaired) electrons. The molecule has 0 aromatic rings. The number of hydrogen-bond acceptors (Lipinski definition) is 3. The molecule has 3 nitrogen and oxygen atoms in total. The van der Waals surface area contributed by atoms with E-state index in [-0.39, 0.29) is 0 Å². The van der Waals surface area contributed by atoms with Gasteiger partial charge in [-0.3, -0.25) is 4.90 Å². The van der Waals surface area contributed by atoms with Crippen LogP contribution in [0.25, 0.3) is 0 Å². The van der Waals surface area contributed by atoms with Crippen LogP contribution in [0.15, 0.2) is 0 Å². The molecule has 2 aliphatic rings. The first kappa shape index (κ1) is 11.4. The standard InChI is InChI=1S/C12H25N3/c1-3-15-6-4-5-12(15)10-14(2)9-11-7-13-8-11/h11-13H,3-10H2,1-2H3. The zero-order chi connectivity index (χ0) is 10.7. The fourth-order valence-electron chi connectivity index (χ4n) is 2.87. The summed E-state index contributed by atoms with van der Waals surface area (Å²) in [4.78, 5) is 5.17. The Morgan fingerprint density at radius 1 is 1.33 bits per heavy atom. The highest BCUT2D eigenvalue weighted by Crippen LogP contribution is 2.17. The Hall–Kier alpha value is -0.120. The molecule has 0 saturated carbocycles. The van der Waals surface area contributed by atoms with Crippen molar-refractivity contribution in [1.29, 1.82) is 0 Å². The lowest BCUT2D eigenvalue weighted by Gasteiger charge is -2.34. The van der Waals surface area contributed by atoms with E-state index in [1.165, 1.54) is 52.1 Å². The molecule has 88 valence electrons. The second-order valence-electron chi connectivity index (χ2n) is 5.17. The van der Waals surface area contributed by atoms with E-state index >= 15 is 0 Å². The summed E-state index contributed by atoms with van der Waals surface area (Å²) in [7, 11) is 2.28. The van der Waals surface area contributed by atoms with Gasteiger partial charge in [-0.2, -0.15) is 0 Å². The third kappa shape index (κ3) is 2.92. The van der Waals surface area contributed by atoms with E-state index in [0.717, 1.165) is 12.0 Å². The van der Waals surface area contributed by atoms with Crippen LogP contribution in [-0.2, 0) is 0 Å². The van der Waals surface area contributed by atoms with Crippen molar-refractivity contribution in [2.24, 2.45) is 5.92 Å². The molecule has 0 bridgehead atoms.